The molecule has 0 aliphatic heterocycles. The van der Waals surface area contributed by atoms with E-state index in [0.717, 1.165) is 13.1 Å². The molecule has 88 valence electrons. The van der Waals surface area contributed by atoms with Crippen LogP contribution in [0.4, 0.5) is 0 Å². The molecule has 0 unspecified atom stereocenters. The molecule has 2 rings (SSSR count). The summed E-state index contributed by atoms with van der Waals surface area (Å²) in [5.74, 6) is 0. The third kappa shape index (κ3) is 5.34. The Labute approximate surface area is 165 Å². The van der Waals surface area contributed by atoms with Gasteiger partial charge < -0.3 is 29.7 Å². The summed E-state index contributed by atoms with van der Waals surface area (Å²) in [5.41, 5.74) is 1.23. The maximum absolute atomic E-state index is 5.13. The molecule has 0 bridgehead atoms. The fourth-order valence-corrected chi connectivity index (χ4v) is 2.56. The van der Waals surface area contributed by atoms with Crippen molar-refractivity contribution in [2.45, 2.75) is 13.1 Å². The van der Waals surface area contributed by atoms with Crippen LogP contribution < -0.4 is 51.4 Å². The first kappa shape index (κ1) is 16.7. The first-order valence-electron chi connectivity index (χ1n) is 5.28. The van der Waals surface area contributed by atoms with E-state index in [2.05, 4.69) is 23.6 Å². The van der Waals surface area contributed by atoms with Crippen LogP contribution in [0.1, 0.15) is 10.4 Å². The second kappa shape index (κ2) is 8.76. The van der Waals surface area contributed by atoms with Gasteiger partial charge in [-0.05, 0) is 17.0 Å². The number of benzene rings is 1. The second-order valence-corrected chi connectivity index (χ2v) is 5.75. The van der Waals surface area contributed by atoms with Crippen LogP contribution >= 0.6 is 23.6 Å². The Balaban J connectivity index is 0.00000162. The van der Waals surface area contributed by atoms with Crippen molar-refractivity contribution < 1.29 is 51.4 Å². The molecule has 0 aliphatic rings. The Morgan fingerprint density at radius 2 is 1.83 bits per heavy atom. The van der Waals surface area contributed by atoms with E-state index in [1.165, 1.54) is 10.4 Å². The van der Waals surface area contributed by atoms with Crippen LogP contribution in [-0.2, 0) is 25.7 Å². The van der Waals surface area contributed by atoms with Crippen molar-refractivity contribution in [2.24, 2.45) is 0 Å². The van der Waals surface area contributed by atoms with Gasteiger partial charge in [-0.25, -0.2) is 0 Å². The van der Waals surface area contributed by atoms with Gasteiger partial charge in [0.1, 0.15) is 0 Å². The summed E-state index contributed by atoms with van der Waals surface area (Å²) in [6.07, 6.45) is 0. The number of thiophene rings is 1. The van der Waals surface area contributed by atoms with Gasteiger partial charge in [0.15, 0.2) is 0 Å². The topological polar surface area (TPSA) is 3.24 Å². The molecule has 0 atom stereocenters. The summed E-state index contributed by atoms with van der Waals surface area (Å²) >= 11 is 12.0. The van der Waals surface area contributed by atoms with E-state index in [-0.39, 0.29) is 51.4 Å². The van der Waals surface area contributed by atoms with Crippen LogP contribution in [0.3, 0.4) is 0 Å². The third-order valence-corrected chi connectivity index (χ3v) is 3.78. The maximum Gasteiger partial charge on any atom is 1.00 e. The van der Waals surface area contributed by atoms with Crippen molar-refractivity contribution in [1.82, 2.24) is 4.90 Å². The number of thiocarbonyl (C=S) groups is 1. The molecule has 0 saturated carbocycles. The first-order chi connectivity index (χ1) is 8.25. The Hall–Kier alpha value is 0.666. The fraction of sp³-hybridized carbons (Fsp3) is 0.154. The molecule has 2 aromatic rings. The van der Waals surface area contributed by atoms with Gasteiger partial charge in [0.05, 0.1) is 6.54 Å². The number of hydrogen-bond acceptors (Lipinski definition) is 3. The molecular formula is C13H12KNS3. The number of nitrogens with zero attached hydrogens (tertiary/aromatic N) is 1. The molecule has 0 amide bonds. The van der Waals surface area contributed by atoms with Gasteiger partial charge in [-0.3, -0.25) is 0 Å². The van der Waals surface area contributed by atoms with Crippen molar-refractivity contribution in [3.8, 4) is 0 Å². The van der Waals surface area contributed by atoms with Gasteiger partial charge >= 0.3 is 51.4 Å². The molecule has 0 aliphatic carbocycles. The monoisotopic (exact) mass is 317 g/mol. The summed E-state index contributed by atoms with van der Waals surface area (Å²) in [4.78, 5) is 3.33. The van der Waals surface area contributed by atoms with Gasteiger partial charge in [-0.1, -0.05) is 40.7 Å². The number of rotatable bonds is 4. The minimum absolute atomic E-state index is 0. The molecule has 0 fully saturated rings. The van der Waals surface area contributed by atoms with E-state index in [4.69, 9.17) is 24.8 Å². The van der Waals surface area contributed by atoms with Crippen LogP contribution in [-0.4, -0.2) is 9.22 Å². The van der Waals surface area contributed by atoms with Gasteiger partial charge in [0, 0.05) is 11.4 Å². The normalized spacial score (nSPS) is 9.56. The number of hydrogen-bond donors (Lipinski definition) is 0. The van der Waals surface area contributed by atoms with Crippen molar-refractivity contribution in [2.75, 3.05) is 0 Å². The molecule has 0 radical (unpaired) electrons. The van der Waals surface area contributed by atoms with Gasteiger partial charge in [0.2, 0.25) is 0 Å². The minimum atomic E-state index is 0. The summed E-state index contributed by atoms with van der Waals surface area (Å²) < 4.78 is 0.530. The largest absolute Gasteiger partial charge is 1.00 e. The Kier molecular flexibility index (Phi) is 8.14. The first-order valence-corrected chi connectivity index (χ1v) is 6.97. The summed E-state index contributed by atoms with van der Waals surface area (Å²) in [7, 11) is 0. The quantitative estimate of drug-likeness (QED) is 0.462. The molecule has 5 heteroatoms. The molecule has 1 aromatic heterocycles. The van der Waals surface area contributed by atoms with Crippen LogP contribution in [0, 0.1) is 0 Å². The Morgan fingerprint density at radius 3 is 2.39 bits per heavy atom. The third-order valence-electron chi connectivity index (χ3n) is 2.40. The van der Waals surface area contributed by atoms with E-state index in [1.807, 2.05) is 29.2 Å². The second-order valence-electron chi connectivity index (χ2n) is 3.69. The molecule has 18 heavy (non-hydrogen) atoms. The van der Waals surface area contributed by atoms with E-state index >= 15 is 0 Å². The fourth-order valence-electron chi connectivity index (χ4n) is 1.58. The van der Waals surface area contributed by atoms with E-state index < -0.39 is 0 Å². The van der Waals surface area contributed by atoms with Gasteiger partial charge in [0.25, 0.3) is 0 Å². The zero-order valence-corrected chi connectivity index (χ0v) is 15.8. The molecule has 1 nitrogen and oxygen atoms in total. The average molecular weight is 318 g/mol. The molecule has 1 aromatic carbocycles. The predicted octanol–water partition coefficient (Wildman–Crippen LogP) is 0.586. The zero-order valence-electron chi connectivity index (χ0n) is 10.2. The van der Waals surface area contributed by atoms with E-state index in [9.17, 15) is 0 Å². The molecule has 0 N–H and O–H groups in total. The summed E-state index contributed by atoms with van der Waals surface area (Å²) in [5, 5.41) is 2.07. The maximum atomic E-state index is 5.13. The zero-order chi connectivity index (χ0) is 12.1. The van der Waals surface area contributed by atoms with Crippen LogP contribution in [0.25, 0.3) is 0 Å². The van der Waals surface area contributed by atoms with E-state index in [0.29, 0.717) is 4.32 Å². The molecular weight excluding hydrogens is 305 g/mol. The molecule has 0 spiro atoms. The standard InChI is InChI=1S/C13H13NS3.K/c15-13(16)14(10-12-7-4-8-17-12)9-11-5-2-1-3-6-11;/h1-8H,9-10H2,(H,15,16);/q;+1/p-1. The van der Waals surface area contributed by atoms with Gasteiger partial charge in [-0.15, -0.1) is 11.3 Å². The summed E-state index contributed by atoms with van der Waals surface area (Å²) in [6.45, 7) is 1.58. The average Bonchev–Trinajstić information content (AvgIpc) is 2.82. The minimum Gasteiger partial charge on any atom is -0.411 e. The smallest absolute Gasteiger partial charge is 0.411 e. The van der Waals surface area contributed by atoms with Crippen LogP contribution in [0.2, 0.25) is 0 Å². The Morgan fingerprint density at radius 1 is 1.11 bits per heavy atom. The summed E-state index contributed by atoms with van der Waals surface area (Å²) in [6, 6.07) is 14.4. The van der Waals surface area contributed by atoms with Crippen molar-refractivity contribution in [1.29, 1.82) is 0 Å². The van der Waals surface area contributed by atoms with E-state index in [1.54, 1.807) is 11.3 Å². The predicted molar refractivity (Wildman–Crippen MR) is 80.0 cm³/mol. The van der Waals surface area contributed by atoms with Crippen LogP contribution in [0.5, 0.6) is 0 Å². The van der Waals surface area contributed by atoms with Gasteiger partial charge in [-0.2, -0.15) is 0 Å². The van der Waals surface area contributed by atoms with Crippen molar-refractivity contribution >= 4 is 40.5 Å². The molecule has 1 heterocycles. The van der Waals surface area contributed by atoms with Crippen molar-refractivity contribution in [3.05, 3.63) is 58.3 Å². The Bertz CT molecular complexity index is 470. The van der Waals surface area contributed by atoms with Crippen molar-refractivity contribution in [3.63, 3.8) is 0 Å². The SMILES string of the molecule is S=C([S-])N(Cc1ccccc1)Cc1cccs1.[K+]. The van der Waals surface area contributed by atoms with Crippen LogP contribution in [0.15, 0.2) is 47.8 Å². The molecule has 0 saturated heterocycles.